The van der Waals surface area contributed by atoms with E-state index in [0.29, 0.717) is 12.8 Å². The van der Waals surface area contributed by atoms with E-state index in [9.17, 15) is 9.59 Å². The van der Waals surface area contributed by atoms with Crippen LogP contribution in [0, 0.1) is 5.41 Å². The Hall–Kier alpha value is -0.840. The van der Waals surface area contributed by atoms with Gasteiger partial charge in [0, 0.05) is 6.42 Å². The summed E-state index contributed by atoms with van der Waals surface area (Å²) in [4.78, 5) is 21.7. The molecule has 1 aliphatic heterocycles. The highest BCUT2D eigenvalue weighted by atomic mass is 32.2. The molecule has 1 unspecified atom stereocenters. The molecular weight excluding hydrogens is 176 g/mol. The fourth-order valence-electron chi connectivity index (χ4n) is 0.934. The number of carbonyl (C=O) groups is 2. The first-order valence-corrected chi connectivity index (χ1v) is 4.73. The van der Waals surface area contributed by atoms with Crippen molar-refractivity contribution in [1.29, 1.82) is 5.41 Å². The molecule has 1 atom stereocenters. The highest BCUT2D eigenvalue weighted by Crippen LogP contribution is 2.19. The number of hydrogen-bond donors (Lipinski definition) is 2. The van der Waals surface area contributed by atoms with E-state index in [2.05, 4.69) is 5.32 Å². The Morgan fingerprint density at radius 2 is 2.42 bits per heavy atom. The van der Waals surface area contributed by atoms with Crippen molar-refractivity contribution in [3.63, 3.8) is 0 Å². The van der Waals surface area contributed by atoms with E-state index in [1.54, 1.807) is 0 Å². The standard InChI is InChI=1S/C7H10N2O2S/c8-2-1-3-12-5-4-6(10)9-7(5)11/h2,5,8H,1,3-4H2,(H,9,10,11). The Bertz CT molecular complexity index is 217. The number of hydrogen-bond acceptors (Lipinski definition) is 4. The number of rotatable bonds is 4. The minimum atomic E-state index is -0.225. The van der Waals surface area contributed by atoms with Crippen LogP contribution in [0.1, 0.15) is 12.8 Å². The summed E-state index contributed by atoms with van der Waals surface area (Å²) in [5.74, 6) is 0.358. The first-order chi connectivity index (χ1) is 5.74. The zero-order valence-electron chi connectivity index (χ0n) is 6.50. The molecule has 0 saturated carbocycles. The Balaban J connectivity index is 2.28. The molecule has 1 heterocycles. The van der Waals surface area contributed by atoms with Crippen molar-refractivity contribution in [2.45, 2.75) is 18.1 Å². The van der Waals surface area contributed by atoms with Gasteiger partial charge in [-0.3, -0.25) is 14.9 Å². The van der Waals surface area contributed by atoms with Gasteiger partial charge in [0.25, 0.3) is 0 Å². The fourth-order valence-corrected chi connectivity index (χ4v) is 1.95. The van der Waals surface area contributed by atoms with Crippen molar-refractivity contribution in [3.8, 4) is 0 Å². The zero-order valence-corrected chi connectivity index (χ0v) is 7.32. The van der Waals surface area contributed by atoms with Crippen LogP contribution in [-0.4, -0.2) is 29.0 Å². The molecule has 2 amide bonds. The minimum Gasteiger partial charge on any atom is -0.313 e. The lowest BCUT2D eigenvalue weighted by atomic mass is 10.4. The Labute approximate surface area is 74.6 Å². The van der Waals surface area contributed by atoms with Crippen LogP contribution in [0.25, 0.3) is 0 Å². The van der Waals surface area contributed by atoms with Crippen LogP contribution >= 0.6 is 11.8 Å². The van der Waals surface area contributed by atoms with Gasteiger partial charge in [0.2, 0.25) is 11.8 Å². The molecule has 4 nitrogen and oxygen atoms in total. The van der Waals surface area contributed by atoms with Gasteiger partial charge in [-0.1, -0.05) is 0 Å². The molecule has 0 aliphatic carbocycles. The number of imide groups is 1. The molecule has 1 rings (SSSR count). The van der Waals surface area contributed by atoms with Crippen molar-refractivity contribution in [1.82, 2.24) is 5.32 Å². The third kappa shape index (κ3) is 2.34. The molecule has 0 aromatic heterocycles. The van der Waals surface area contributed by atoms with Gasteiger partial charge in [0.1, 0.15) is 0 Å². The summed E-state index contributed by atoms with van der Waals surface area (Å²) >= 11 is 1.44. The molecule has 2 N–H and O–H groups in total. The predicted molar refractivity (Wildman–Crippen MR) is 47.4 cm³/mol. The third-order valence-corrected chi connectivity index (χ3v) is 2.76. The first kappa shape index (κ1) is 9.25. The Morgan fingerprint density at radius 1 is 1.67 bits per heavy atom. The number of nitrogens with one attached hydrogen (secondary N) is 2. The fraction of sp³-hybridized carbons (Fsp3) is 0.571. The second-order valence-corrected chi connectivity index (χ2v) is 3.78. The summed E-state index contributed by atoms with van der Waals surface area (Å²) in [6.45, 7) is 0. The number of thioether (sulfide) groups is 1. The molecule has 0 spiro atoms. The maximum Gasteiger partial charge on any atom is 0.240 e. The summed E-state index contributed by atoms with van der Waals surface area (Å²) < 4.78 is 0. The molecule has 12 heavy (non-hydrogen) atoms. The van der Waals surface area contributed by atoms with Crippen LogP contribution < -0.4 is 5.32 Å². The van der Waals surface area contributed by atoms with Crippen molar-refractivity contribution >= 4 is 29.8 Å². The maximum absolute atomic E-state index is 11.0. The van der Waals surface area contributed by atoms with E-state index < -0.39 is 0 Å². The minimum absolute atomic E-state index is 0.185. The summed E-state index contributed by atoms with van der Waals surface area (Å²) in [7, 11) is 0. The van der Waals surface area contributed by atoms with Gasteiger partial charge >= 0.3 is 0 Å². The van der Waals surface area contributed by atoms with E-state index in [1.165, 1.54) is 18.0 Å². The van der Waals surface area contributed by atoms with Crippen LogP contribution in [0.4, 0.5) is 0 Å². The average Bonchev–Trinajstić information content (AvgIpc) is 2.31. The van der Waals surface area contributed by atoms with Crippen LogP contribution in [0.2, 0.25) is 0 Å². The maximum atomic E-state index is 11.0. The second-order valence-electron chi connectivity index (χ2n) is 2.47. The van der Waals surface area contributed by atoms with E-state index >= 15 is 0 Å². The van der Waals surface area contributed by atoms with Crippen LogP contribution in [0.5, 0.6) is 0 Å². The molecular formula is C7H10N2O2S. The van der Waals surface area contributed by atoms with Crippen molar-refractivity contribution in [2.24, 2.45) is 0 Å². The summed E-state index contributed by atoms with van der Waals surface area (Å²) in [5.41, 5.74) is 0. The molecule has 66 valence electrons. The topological polar surface area (TPSA) is 70.0 Å². The summed E-state index contributed by atoms with van der Waals surface area (Å²) in [5, 5.41) is 8.77. The van der Waals surface area contributed by atoms with Gasteiger partial charge in [0.05, 0.1) is 5.25 Å². The molecule has 5 heteroatoms. The monoisotopic (exact) mass is 186 g/mol. The first-order valence-electron chi connectivity index (χ1n) is 3.68. The molecule has 1 aliphatic rings. The smallest absolute Gasteiger partial charge is 0.240 e. The normalized spacial score (nSPS) is 22.5. The number of amides is 2. The van der Waals surface area contributed by atoms with Gasteiger partial charge < -0.3 is 5.41 Å². The lowest BCUT2D eigenvalue weighted by Crippen LogP contribution is -2.23. The second kappa shape index (κ2) is 4.25. The Kier molecular flexibility index (Phi) is 3.28. The zero-order chi connectivity index (χ0) is 8.97. The van der Waals surface area contributed by atoms with Crippen LogP contribution in [-0.2, 0) is 9.59 Å². The van der Waals surface area contributed by atoms with Gasteiger partial charge in [0.15, 0.2) is 0 Å². The highest BCUT2D eigenvalue weighted by Gasteiger charge is 2.30. The van der Waals surface area contributed by atoms with E-state index in [-0.39, 0.29) is 17.1 Å². The average molecular weight is 186 g/mol. The van der Waals surface area contributed by atoms with Gasteiger partial charge in [-0.15, -0.1) is 11.8 Å². The lowest BCUT2D eigenvalue weighted by molar-refractivity contribution is -0.124. The molecule has 1 saturated heterocycles. The third-order valence-electron chi connectivity index (χ3n) is 1.51. The molecule has 0 bridgehead atoms. The lowest BCUT2D eigenvalue weighted by Gasteiger charge is -2.02. The summed E-state index contributed by atoms with van der Waals surface area (Å²) in [6, 6.07) is 0. The van der Waals surface area contributed by atoms with E-state index in [4.69, 9.17) is 5.41 Å². The van der Waals surface area contributed by atoms with Gasteiger partial charge in [-0.2, -0.15) is 0 Å². The SMILES string of the molecule is N=CCCSC1CC(=O)NC1=O. The van der Waals surface area contributed by atoms with Gasteiger partial charge in [-0.05, 0) is 18.4 Å². The Morgan fingerprint density at radius 3 is 2.92 bits per heavy atom. The highest BCUT2D eigenvalue weighted by molar-refractivity contribution is 8.00. The van der Waals surface area contributed by atoms with E-state index in [0.717, 1.165) is 5.75 Å². The van der Waals surface area contributed by atoms with Crippen LogP contribution in [0.3, 0.4) is 0 Å². The largest absolute Gasteiger partial charge is 0.313 e. The van der Waals surface area contributed by atoms with Gasteiger partial charge in [-0.25, -0.2) is 0 Å². The molecule has 0 aromatic rings. The van der Waals surface area contributed by atoms with Crippen molar-refractivity contribution in [2.75, 3.05) is 5.75 Å². The van der Waals surface area contributed by atoms with Crippen molar-refractivity contribution < 1.29 is 9.59 Å². The van der Waals surface area contributed by atoms with Crippen molar-refractivity contribution in [3.05, 3.63) is 0 Å². The van der Waals surface area contributed by atoms with Crippen LogP contribution in [0.15, 0.2) is 0 Å². The molecule has 0 radical (unpaired) electrons. The predicted octanol–water partition coefficient (Wildman–Crippen LogP) is 0.174. The van der Waals surface area contributed by atoms with E-state index in [1.807, 2.05) is 0 Å². The summed E-state index contributed by atoms with van der Waals surface area (Å²) in [6.07, 6.45) is 2.26. The molecule has 0 aromatic carbocycles. The quantitative estimate of drug-likeness (QED) is 0.373. The number of carbonyl (C=O) groups excluding carboxylic acids is 2. The molecule has 1 fully saturated rings.